The maximum Gasteiger partial charge on any atom is 0.271 e. The van der Waals surface area contributed by atoms with Crippen LogP contribution in [0, 0.1) is 12.3 Å². The number of ether oxygens (including phenoxy) is 1. The van der Waals surface area contributed by atoms with E-state index in [1.54, 1.807) is 13.2 Å². The van der Waals surface area contributed by atoms with Crippen molar-refractivity contribution >= 4 is 11.6 Å². The summed E-state index contributed by atoms with van der Waals surface area (Å²) in [6.07, 6.45) is 3.08. The van der Waals surface area contributed by atoms with E-state index in [1.807, 2.05) is 19.1 Å². The lowest BCUT2D eigenvalue weighted by Crippen LogP contribution is -2.27. The molecule has 0 aliphatic rings. The van der Waals surface area contributed by atoms with Crippen LogP contribution in [0.5, 0.6) is 5.75 Å². The Morgan fingerprint density at radius 2 is 2.00 bits per heavy atom. The van der Waals surface area contributed by atoms with E-state index < -0.39 is 0 Å². The summed E-state index contributed by atoms with van der Waals surface area (Å²) < 4.78 is 5.25. The fraction of sp³-hybridized carbons (Fsp3) is 0.556. The first-order valence-electron chi connectivity index (χ1n) is 7.82. The number of nitrogens with zero attached hydrogens (tertiary/aromatic N) is 1. The van der Waals surface area contributed by atoms with E-state index in [-0.39, 0.29) is 11.3 Å². The van der Waals surface area contributed by atoms with Crippen LogP contribution >= 0.6 is 0 Å². The molecule has 0 saturated carbocycles. The molecule has 122 valence electrons. The van der Waals surface area contributed by atoms with Crippen molar-refractivity contribution in [1.29, 1.82) is 0 Å². The van der Waals surface area contributed by atoms with Gasteiger partial charge in [0.15, 0.2) is 0 Å². The molecule has 0 heterocycles. The lowest BCUT2D eigenvalue weighted by molar-refractivity contribution is 0.0953. The Balaban J connectivity index is 2.93. The summed E-state index contributed by atoms with van der Waals surface area (Å²) in [4.78, 5) is 12.4. The Kier molecular flexibility index (Phi) is 6.60. The molecule has 0 aliphatic carbocycles. The Morgan fingerprint density at radius 1 is 1.32 bits per heavy atom. The number of nitrogens with one attached hydrogen (secondary N) is 1. The Hall–Kier alpha value is -1.84. The van der Waals surface area contributed by atoms with Gasteiger partial charge < -0.3 is 4.74 Å². The Labute approximate surface area is 134 Å². The van der Waals surface area contributed by atoms with Crippen LogP contribution in [0.15, 0.2) is 23.3 Å². The molecule has 0 aromatic heterocycles. The van der Waals surface area contributed by atoms with Crippen LogP contribution in [0.1, 0.15) is 62.9 Å². The number of methoxy groups -OCH3 is 1. The predicted octanol–water partition coefficient (Wildman–Crippen LogP) is 4.33. The summed E-state index contributed by atoms with van der Waals surface area (Å²) in [5.41, 5.74) is 5.08. The predicted molar refractivity (Wildman–Crippen MR) is 91.6 cm³/mol. The molecule has 0 bridgehead atoms. The molecule has 1 rings (SSSR count). The second kappa shape index (κ2) is 7.97. The molecule has 1 amide bonds. The average molecular weight is 304 g/mol. The van der Waals surface area contributed by atoms with Crippen LogP contribution in [0.2, 0.25) is 0 Å². The van der Waals surface area contributed by atoms with Gasteiger partial charge in [-0.05, 0) is 31.9 Å². The lowest BCUT2D eigenvalue weighted by Gasteiger charge is -2.21. The molecule has 0 fully saturated rings. The summed E-state index contributed by atoms with van der Waals surface area (Å²) >= 11 is 0. The normalized spacial score (nSPS) is 12.2. The Bertz CT molecular complexity index is 543. The second-order valence-electron chi connectivity index (χ2n) is 6.49. The van der Waals surface area contributed by atoms with Gasteiger partial charge in [-0.15, -0.1) is 0 Å². The average Bonchev–Trinajstić information content (AvgIpc) is 2.45. The fourth-order valence-corrected chi connectivity index (χ4v) is 2.20. The molecule has 0 unspecified atom stereocenters. The van der Waals surface area contributed by atoms with Crippen LogP contribution in [0.4, 0.5) is 0 Å². The van der Waals surface area contributed by atoms with Gasteiger partial charge in [0.1, 0.15) is 5.75 Å². The van der Waals surface area contributed by atoms with E-state index in [4.69, 9.17) is 4.74 Å². The number of unbranched alkanes of at least 4 members (excludes halogenated alkanes) is 1. The van der Waals surface area contributed by atoms with E-state index in [1.165, 1.54) is 0 Å². The number of hydrazone groups is 1. The minimum atomic E-state index is -0.199. The first-order valence-corrected chi connectivity index (χ1v) is 7.82. The molecule has 0 spiro atoms. The molecule has 0 saturated heterocycles. The van der Waals surface area contributed by atoms with Gasteiger partial charge in [-0.2, -0.15) is 5.10 Å². The molecule has 1 N–H and O–H groups in total. The topological polar surface area (TPSA) is 50.7 Å². The van der Waals surface area contributed by atoms with E-state index in [0.29, 0.717) is 11.3 Å². The highest BCUT2D eigenvalue weighted by Gasteiger charge is 2.19. The lowest BCUT2D eigenvalue weighted by atomic mass is 9.87. The number of carbonyl (C=O) groups excluding carboxylic acids is 1. The van der Waals surface area contributed by atoms with Gasteiger partial charge in [-0.3, -0.25) is 4.79 Å². The summed E-state index contributed by atoms with van der Waals surface area (Å²) in [7, 11) is 1.60. The highest BCUT2D eigenvalue weighted by Crippen LogP contribution is 2.22. The van der Waals surface area contributed by atoms with Crippen molar-refractivity contribution in [2.75, 3.05) is 7.11 Å². The monoisotopic (exact) mass is 304 g/mol. The van der Waals surface area contributed by atoms with E-state index in [0.717, 1.165) is 30.5 Å². The zero-order chi connectivity index (χ0) is 16.8. The molecule has 1 aromatic carbocycles. The Morgan fingerprint density at radius 3 is 2.55 bits per heavy atom. The van der Waals surface area contributed by atoms with Gasteiger partial charge in [0, 0.05) is 22.3 Å². The fourth-order valence-electron chi connectivity index (χ4n) is 2.20. The standard InChI is InChI=1S/C18H28N2O2/c1-7-8-12-16(18(3,4)5)19-20-17(21)14-10-9-11-15(22-6)13(14)2/h9-11H,7-8,12H2,1-6H3,(H,20,21). The van der Waals surface area contributed by atoms with Crippen molar-refractivity contribution in [1.82, 2.24) is 5.43 Å². The van der Waals surface area contributed by atoms with Gasteiger partial charge in [0.25, 0.3) is 5.91 Å². The SMILES string of the molecule is CCCCC(=NNC(=O)c1cccc(OC)c1C)C(C)(C)C. The van der Waals surface area contributed by atoms with Crippen LogP contribution in [0.3, 0.4) is 0 Å². The third-order valence-electron chi connectivity index (χ3n) is 3.67. The van der Waals surface area contributed by atoms with Gasteiger partial charge in [0.2, 0.25) is 0 Å². The van der Waals surface area contributed by atoms with Crippen LogP contribution in [-0.4, -0.2) is 18.7 Å². The maximum atomic E-state index is 12.4. The van der Waals surface area contributed by atoms with Crippen molar-refractivity contribution in [3.05, 3.63) is 29.3 Å². The summed E-state index contributed by atoms with van der Waals surface area (Å²) in [5.74, 6) is 0.508. The molecular weight excluding hydrogens is 276 g/mol. The highest BCUT2D eigenvalue weighted by atomic mass is 16.5. The zero-order valence-corrected chi connectivity index (χ0v) is 14.6. The van der Waals surface area contributed by atoms with Crippen LogP contribution < -0.4 is 10.2 Å². The molecule has 4 heteroatoms. The van der Waals surface area contributed by atoms with Crippen LogP contribution in [0.25, 0.3) is 0 Å². The highest BCUT2D eigenvalue weighted by molar-refractivity contribution is 5.97. The smallest absolute Gasteiger partial charge is 0.271 e. The summed E-state index contributed by atoms with van der Waals surface area (Å²) in [6.45, 7) is 10.4. The first-order chi connectivity index (χ1) is 10.3. The molecule has 1 aromatic rings. The maximum absolute atomic E-state index is 12.4. The number of hydrogen-bond acceptors (Lipinski definition) is 3. The van der Waals surface area contributed by atoms with Crippen LogP contribution in [-0.2, 0) is 0 Å². The third-order valence-corrected chi connectivity index (χ3v) is 3.67. The van der Waals surface area contributed by atoms with E-state index >= 15 is 0 Å². The van der Waals surface area contributed by atoms with Gasteiger partial charge in [-0.1, -0.05) is 40.2 Å². The van der Waals surface area contributed by atoms with Crippen molar-refractivity contribution in [3.63, 3.8) is 0 Å². The van der Waals surface area contributed by atoms with Crippen molar-refractivity contribution in [2.24, 2.45) is 10.5 Å². The number of amides is 1. The molecule has 0 radical (unpaired) electrons. The molecular formula is C18H28N2O2. The molecule has 4 nitrogen and oxygen atoms in total. The molecule has 22 heavy (non-hydrogen) atoms. The number of carbonyl (C=O) groups is 1. The summed E-state index contributed by atoms with van der Waals surface area (Å²) in [5, 5.41) is 4.38. The van der Waals surface area contributed by atoms with Crippen molar-refractivity contribution in [3.8, 4) is 5.75 Å². The second-order valence-corrected chi connectivity index (χ2v) is 6.49. The van der Waals surface area contributed by atoms with Gasteiger partial charge >= 0.3 is 0 Å². The van der Waals surface area contributed by atoms with Crippen molar-refractivity contribution in [2.45, 2.75) is 53.9 Å². The molecule has 0 aliphatic heterocycles. The first kappa shape index (κ1) is 18.2. The zero-order valence-electron chi connectivity index (χ0n) is 14.6. The minimum Gasteiger partial charge on any atom is -0.496 e. The molecule has 0 atom stereocenters. The van der Waals surface area contributed by atoms with E-state index in [9.17, 15) is 4.79 Å². The van der Waals surface area contributed by atoms with E-state index in [2.05, 4.69) is 38.2 Å². The van der Waals surface area contributed by atoms with Gasteiger partial charge in [-0.25, -0.2) is 5.43 Å². The van der Waals surface area contributed by atoms with Gasteiger partial charge in [0.05, 0.1) is 7.11 Å². The number of benzene rings is 1. The minimum absolute atomic E-state index is 0.0497. The number of rotatable bonds is 6. The summed E-state index contributed by atoms with van der Waals surface area (Å²) in [6, 6.07) is 5.44. The van der Waals surface area contributed by atoms with Crippen molar-refractivity contribution < 1.29 is 9.53 Å². The third kappa shape index (κ3) is 4.86. The largest absolute Gasteiger partial charge is 0.496 e. The number of hydrogen-bond donors (Lipinski definition) is 1. The quantitative estimate of drug-likeness (QED) is 0.628.